The van der Waals surface area contributed by atoms with Crippen molar-refractivity contribution < 1.29 is 14.0 Å². The van der Waals surface area contributed by atoms with E-state index in [1.807, 2.05) is 0 Å². The topological polar surface area (TPSA) is 75.5 Å². The number of hydrogen-bond donors (Lipinski definition) is 2. The van der Waals surface area contributed by atoms with Gasteiger partial charge in [0.25, 0.3) is 11.8 Å². The average Bonchev–Trinajstić information content (AvgIpc) is 3.07. The normalized spacial score (nSPS) is 10.7. The maximum absolute atomic E-state index is 13.0. The summed E-state index contributed by atoms with van der Waals surface area (Å²) in [6.07, 6.45) is 4.67. The molecule has 3 aromatic rings. The minimum atomic E-state index is -0.479. The fourth-order valence-electron chi connectivity index (χ4n) is 2.75. The lowest BCUT2D eigenvalue weighted by atomic mass is 10.2. The van der Waals surface area contributed by atoms with Crippen LogP contribution in [0, 0.1) is 5.82 Å². The van der Waals surface area contributed by atoms with E-state index in [4.69, 9.17) is 0 Å². The van der Waals surface area contributed by atoms with E-state index in [0.717, 1.165) is 19.3 Å². The Morgan fingerprint density at radius 3 is 2.59 bits per heavy atom. The molecule has 0 atom stereocenters. The second kappa shape index (κ2) is 8.44. The van der Waals surface area contributed by atoms with Crippen molar-refractivity contribution in [2.45, 2.75) is 26.2 Å². The van der Waals surface area contributed by atoms with Crippen LogP contribution in [0.25, 0.3) is 5.52 Å². The Morgan fingerprint density at radius 2 is 1.85 bits per heavy atom. The van der Waals surface area contributed by atoms with Gasteiger partial charge in [0.05, 0.1) is 5.52 Å². The largest absolute Gasteiger partial charge is 0.351 e. The highest BCUT2D eigenvalue weighted by Gasteiger charge is 2.21. The van der Waals surface area contributed by atoms with E-state index in [0.29, 0.717) is 17.7 Å². The van der Waals surface area contributed by atoms with Gasteiger partial charge in [-0.3, -0.25) is 14.0 Å². The lowest BCUT2D eigenvalue weighted by molar-refractivity contribution is 0.0950. The van der Waals surface area contributed by atoms with Crippen molar-refractivity contribution in [2.24, 2.45) is 0 Å². The first kappa shape index (κ1) is 18.6. The number of anilines is 1. The molecule has 0 radical (unpaired) electrons. The number of carbonyl (C=O) groups is 2. The number of unbranched alkanes of at least 4 members (excludes halogenated alkanes) is 2. The summed E-state index contributed by atoms with van der Waals surface area (Å²) in [6.45, 7) is 2.66. The number of carbonyl (C=O) groups excluding carboxylic acids is 2. The minimum Gasteiger partial charge on any atom is -0.351 e. The number of pyridine rings is 1. The van der Waals surface area contributed by atoms with E-state index in [1.54, 1.807) is 28.8 Å². The van der Waals surface area contributed by atoms with Gasteiger partial charge >= 0.3 is 0 Å². The molecule has 0 unspecified atom stereocenters. The Bertz CT molecular complexity index is 950. The predicted octanol–water partition coefficient (Wildman–Crippen LogP) is 3.65. The number of benzene rings is 1. The van der Waals surface area contributed by atoms with Gasteiger partial charge in [-0.25, -0.2) is 9.37 Å². The van der Waals surface area contributed by atoms with Gasteiger partial charge in [0.2, 0.25) is 5.82 Å². The summed E-state index contributed by atoms with van der Waals surface area (Å²) in [5, 5.41) is 5.52. The molecule has 0 aliphatic heterocycles. The second-order valence-corrected chi connectivity index (χ2v) is 6.16. The Hall–Kier alpha value is -3.22. The molecule has 0 fully saturated rings. The van der Waals surface area contributed by atoms with Crippen LogP contribution < -0.4 is 10.6 Å². The maximum Gasteiger partial charge on any atom is 0.292 e. The Kier molecular flexibility index (Phi) is 5.80. The van der Waals surface area contributed by atoms with Crippen LogP contribution in [0.2, 0.25) is 0 Å². The lowest BCUT2D eigenvalue weighted by Crippen LogP contribution is -2.25. The fraction of sp³-hybridized carbons (Fsp3) is 0.250. The number of imidazole rings is 1. The van der Waals surface area contributed by atoms with Gasteiger partial charge in [-0.2, -0.15) is 0 Å². The van der Waals surface area contributed by atoms with Crippen LogP contribution in [0.3, 0.4) is 0 Å². The van der Waals surface area contributed by atoms with Crippen molar-refractivity contribution in [3.63, 3.8) is 0 Å². The van der Waals surface area contributed by atoms with E-state index in [2.05, 4.69) is 22.5 Å². The van der Waals surface area contributed by atoms with Crippen LogP contribution in [-0.4, -0.2) is 27.7 Å². The summed E-state index contributed by atoms with van der Waals surface area (Å²) in [5.41, 5.74) is 1.20. The smallest absolute Gasteiger partial charge is 0.292 e. The molecule has 2 aromatic heterocycles. The van der Waals surface area contributed by atoms with Crippen molar-refractivity contribution in [3.05, 3.63) is 66.0 Å². The predicted molar refractivity (Wildman–Crippen MR) is 101 cm³/mol. The number of fused-ring (bicyclic) bond motifs is 1. The quantitative estimate of drug-likeness (QED) is 0.625. The zero-order valence-electron chi connectivity index (χ0n) is 15.0. The van der Waals surface area contributed by atoms with Crippen molar-refractivity contribution in [1.82, 2.24) is 14.7 Å². The third-order valence-corrected chi connectivity index (χ3v) is 4.13. The molecule has 140 valence electrons. The molecule has 0 spiro atoms. The number of nitrogens with one attached hydrogen (secondary N) is 2. The molecular weight excluding hydrogens is 347 g/mol. The monoisotopic (exact) mass is 368 g/mol. The van der Waals surface area contributed by atoms with E-state index in [1.165, 1.54) is 24.3 Å². The summed E-state index contributed by atoms with van der Waals surface area (Å²) in [4.78, 5) is 29.4. The molecule has 2 N–H and O–H groups in total. The standard InChI is InChI=1S/C20H21FN4O2/c1-2-3-5-12-22-19(26)17-16-7-4-6-13-25(16)18(24-17)20(27)23-15-10-8-14(21)9-11-15/h4,6-11,13H,2-3,5,12H2,1H3,(H,22,26)(H,23,27). The lowest BCUT2D eigenvalue weighted by Gasteiger charge is -2.04. The molecule has 2 heterocycles. The van der Waals surface area contributed by atoms with Crippen LogP contribution in [0.15, 0.2) is 48.7 Å². The summed E-state index contributed by atoms with van der Waals surface area (Å²) < 4.78 is 14.6. The number of aromatic nitrogens is 2. The van der Waals surface area contributed by atoms with Crippen molar-refractivity contribution in [3.8, 4) is 0 Å². The average molecular weight is 368 g/mol. The van der Waals surface area contributed by atoms with Gasteiger partial charge in [-0.05, 0) is 42.8 Å². The zero-order valence-corrected chi connectivity index (χ0v) is 15.0. The molecule has 7 heteroatoms. The summed E-state index contributed by atoms with van der Waals surface area (Å²) in [5.74, 6) is -1.08. The molecule has 0 saturated carbocycles. The minimum absolute atomic E-state index is 0.0913. The number of halogens is 1. The molecule has 1 aromatic carbocycles. The van der Waals surface area contributed by atoms with E-state index in [9.17, 15) is 14.0 Å². The van der Waals surface area contributed by atoms with E-state index < -0.39 is 5.91 Å². The molecule has 3 rings (SSSR count). The van der Waals surface area contributed by atoms with E-state index in [-0.39, 0.29) is 23.2 Å². The molecular formula is C20H21FN4O2. The Labute approximate surface area is 156 Å². The van der Waals surface area contributed by atoms with Crippen molar-refractivity contribution in [1.29, 1.82) is 0 Å². The third-order valence-electron chi connectivity index (χ3n) is 4.13. The highest BCUT2D eigenvalue weighted by atomic mass is 19.1. The van der Waals surface area contributed by atoms with Crippen LogP contribution in [0.5, 0.6) is 0 Å². The number of nitrogens with zero attached hydrogens (tertiary/aromatic N) is 2. The first-order valence-electron chi connectivity index (χ1n) is 8.92. The highest BCUT2D eigenvalue weighted by molar-refractivity contribution is 6.06. The van der Waals surface area contributed by atoms with Crippen LogP contribution in [-0.2, 0) is 0 Å². The number of hydrogen-bond acceptors (Lipinski definition) is 3. The fourth-order valence-corrected chi connectivity index (χ4v) is 2.75. The van der Waals surface area contributed by atoms with Crippen LogP contribution in [0.4, 0.5) is 10.1 Å². The molecule has 2 amide bonds. The van der Waals surface area contributed by atoms with Gasteiger partial charge in [-0.1, -0.05) is 25.8 Å². The summed E-state index contributed by atoms with van der Waals surface area (Å²) in [6, 6.07) is 10.7. The van der Waals surface area contributed by atoms with Crippen molar-refractivity contribution >= 4 is 23.0 Å². The first-order chi connectivity index (χ1) is 13.1. The molecule has 0 bridgehead atoms. The molecule has 0 saturated heterocycles. The second-order valence-electron chi connectivity index (χ2n) is 6.16. The van der Waals surface area contributed by atoms with Crippen LogP contribution >= 0.6 is 0 Å². The molecule has 6 nitrogen and oxygen atoms in total. The number of amides is 2. The SMILES string of the molecule is CCCCCNC(=O)c1nc(C(=O)Nc2ccc(F)cc2)n2ccccc12. The Balaban J connectivity index is 1.84. The van der Waals surface area contributed by atoms with Crippen LogP contribution in [0.1, 0.15) is 47.3 Å². The first-order valence-corrected chi connectivity index (χ1v) is 8.92. The highest BCUT2D eigenvalue weighted by Crippen LogP contribution is 2.16. The summed E-state index contributed by atoms with van der Waals surface area (Å²) in [7, 11) is 0. The van der Waals surface area contributed by atoms with Gasteiger partial charge in [0, 0.05) is 18.4 Å². The zero-order chi connectivity index (χ0) is 19.2. The Morgan fingerprint density at radius 1 is 1.07 bits per heavy atom. The van der Waals surface area contributed by atoms with E-state index >= 15 is 0 Å². The maximum atomic E-state index is 13.0. The molecule has 0 aliphatic carbocycles. The molecule has 27 heavy (non-hydrogen) atoms. The molecule has 0 aliphatic rings. The van der Waals surface area contributed by atoms with Gasteiger partial charge in [0.15, 0.2) is 5.69 Å². The summed E-state index contributed by atoms with van der Waals surface area (Å²) >= 11 is 0. The third kappa shape index (κ3) is 4.31. The van der Waals surface area contributed by atoms with Gasteiger partial charge < -0.3 is 10.6 Å². The van der Waals surface area contributed by atoms with Gasteiger partial charge in [-0.15, -0.1) is 0 Å². The van der Waals surface area contributed by atoms with Crippen molar-refractivity contribution in [2.75, 3.05) is 11.9 Å². The number of rotatable bonds is 7. The van der Waals surface area contributed by atoms with Gasteiger partial charge in [0.1, 0.15) is 5.82 Å².